The second-order valence-electron chi connectivity index (χ2n) is 8.71. The van der Waals surface area contributed by atoms with Gasteiger partial charge in [-0.2, -0.15) is 0 Å². The molecule has 5 nitrogen and oxygen atoms in total. The number of hydrogen-bond donors (Lipinski definition) is 0. The fourth-order valence-corrected chi connectivity index (χ4v) is 5.74. The van der Waals surface area contributed by atoms with Crippen molar-refractivity contribution in [2.75, 3.05) is 18.0 Å². The average molecular weight is 474 g/mol. The van der Waals surface area contributed by atoms with E-state index in [0.29, 0.717) is 10.9 Å². The van der Waals surface area contributed by atoms with Gasteiger partial charge in [-0.1, -0.05) is 35.1 Å². The van der Waals surface area contributed by atoms with Crippen LogP contribution < -0.4 is 4.90 Å². The molecule has 2 aliphatic rings. The van der Waals surface area contributed by atoms with Crippen molar-refractivity contribution < 1.29 is 0 Å². The minimum atomic E-state index is 0.532. The Hall–Kier alpha value is -2.83. The first-order chi connectivity index (χ1) is 16.3. The van der Waals surface area contributed by atoms with Crippen molar-refractivity contribution in [3.63, 3.8) is 0 Å². The van der Waals surface area contributed by atoms with E-state index < -0.39 is 0 Å². The summed E-state index contributed by atoms with van der Waals surface area (Å²) in [7, 11) is 0. The van der Waals surface area contributed by atoms with Crippen LogP contribution in [-0.4, -0.2) is 33.0 Å². The van der Waals surface area contributed by atoms with E-state index >= 15 is 0 Å². The van der Waals surface area contributed by atoms with Gasteiger partial charge < -0.3 is 4.90 Å². The van der Waals surface area contributed by atoms with Gasteiger partial charge in [-0.05, 0) is 62.4 Å². The first-order valence-electron chi connectivity index (χ1n) is 11.6. The van der Waals surface area contributed by atoms with E-state index in [-0.39, 0.29) is 0 Å². The second kappa shape index (κ2) is 8.84. The van der Waals surface area contributed by atoms with Crippen LogP contribution in [0.4, 0.5) is 5.13 Å². The highest BCUT2D eigenvalue weighted by Gasteiger charge is 2.29. The molecule has 0 spiro atoms. The van der Waals surface area contributed by atoms with Crippen LogP contribution in [0.5, 0.6) is 0 Å². The number of aromatic nitrogens is 4. The van der Waals surface area contributed by atoms with Crippen molar-refractivity contribution in [3.05, 3.63) is 65.6 Å². The molecule has 2 fully saturated rings. The molecule has 0 amide bonds. The van der Waals surface area contributed by atoms with Crippen molar-refractivity contribution in [2.45, 2.75) is 38.0 Å². The maximum absolute atomic E-state index is 6.34. The summed E-state index contributed by atoms with van der Waals surface area (Å²) in [5, 5.41) is 1.76. The maximum atomic E-state index is 6.34. The highest BCUT2D eigenvalue weighted by molar-refractivity contribution is 7.19. The second-order valence-corrected chi connectivity index (χ2v) is 10.1. The minimum absolute atomic E-state index is 0.532. The first-order valence-corrected chi connectivity index (χ1v) is 12.8. The quantitative estimate of drug-likeness (QED) is 0.317. The lowest BCUT2D eigenvalue weighted by Gasteiger charge is -2.25. The molecular formula is C26H24ClN5S. The van der Waals surface area contributed by atoms with Crippen LogP contribution in [-0.2, 0) is 0 Å². The summed E-state index contributed by atoms with van der Waals surface area (Å²) >= 11 is 8.05. The molecule has 1 saturated heterocycles. The fourth-order valence-electron chi connectivity index (χ4n) is 4.44. The Morgan fingerprint density at radius 1 is 0.909 bits per heavy atom. The van der Waals surface area contributed by atoms with Crippen molar-refractivity contribution in [1.82, 2.24) is 19.9 Å². The maximum Gasteiger partial charge on any atom is 0.186 e. The lowest BCUT2D eigenvalue weighted by atomic mass is 10.1. The summed E-state index contributed by atoms with van der Waals surface area (Å²) < 4.78 is 0. The summed E-state index contributed by atoms with van der Waals surface area (Å²) in [6, 6.07) is 14.0. The highest BCUT2D eigenvalue weighted by Crippen LogP contribution is 2.44. The Bertz CT molecular complexity index is 1290. The molecule has 166 valence electrons. The van der Waals surface area contributed by atoms with E-state index in [1.165, 1.54) is 32.1 Å². The third-order valence-electron chi connectivity index (χ3n) is 6.27. The Kier molecular flexibility index (Phi) is 5.56. The van der Waals surface area contributed by atoms with Gasteiger partial charge in [0.05, 0.1) is 22.0 Å². The molecule has 0 unspecified atom stereocenters. The van der Waals surface area contributed by atoms with Gasteiger partial charge >= 0.3 is 0 Å². The van der Waals surface area contributed by atoms with Crippen LogP contribution in [0.15, 0.2) is 54.9 Å². The Labute approximate surface area is 202 Å². The summed E-state index contributed by atoms with van der Waals surface area (Å²) in [6.07, 6.45) is 9.82. The van der Waals surface area contributed by atoms with Crippen molar-refractivity contribution >= 4 is 28.1 Å². The minimum Gasteiger partial charge on any atom is -0.348 e. The molecule has 0 radical (unpaired) electrons. The molecule has 33 heavy (non-hydrogen) atoms. The lowest BCUT2D eigenvalue weighted by Crippen LogP contribution is -2.29. The molecule has 1 aromatic carbocycles. The molecule has 3 aromatic heterocycles. The van der Waals surface area contributed by atoms with Crippen LogP contribution in [0.2, 0.25) is 5.02 Å². The molecule has 1 aliphatic heterocycles. The molecule has 6 rings (SSSR count). The van der Waals surface area contributed by atoms with Crippen molar-refractivity contribution in [3.8, 4) is 33.2 Å². The van der Waals surface area contributed by atoms with Gasteiger partial charge in [0.1, 0.15) is 0 Å². The molecular weight excluding hydrogens is 450 g/mol. The molecule has 4 heterocycles. The average Bonchev–Trinajstić information content (AvgIpc) is 3.62. The predicted octanol–water partition coefficient (Wildman–Crippen LogP) is 6.85. The number of hydrogen-bond acceptors (Lipinski definition) is 6. The Morgan fingerprint density at radius 2 is 1.79 bits per heavy atom. The summed E-state index contributed by atoms with van der Waals surface area (Å²) in [4.78, 5) is 22.8. The molecule has 1 saturated carbocycles. The zero-order chi connectivity index (χ0) is 22.2. The number of piperidine rings is 1. The number of benzene rings is 1. The molecule has 0 atom stereocenters. The number of rotatable bonds is 5. The van der Waals surface area contributed by atoms with Crippen LogP contribution in [0.1, 0.15) is 43.7 Å². The van der Waals surface area contributed by atoms with E-state index in [4.69, 9.17) is 21.6 Å². The van der Waals surface area contributed by atoms with Crippen LogP contribution >= 0.6 is 22.9 Å². The van der Waals surface area contributed by atoms with E-state index in [0.717, 1.165) is 57.1 Å². The van der Waals surface area contributed by atoms with Crippen molar-refractivity contribution in [2.24, 2.45) is 0 Å². The van der Waals surface area contributed by atoms with Gasteiger partial charge in [-0.3, -0.25) is 4.98 Å². The number of anilines is 1. The van der Waals surface area contributed by atoms with E-state index in [9.17, 15) is 0 Å². The predicted molar refractivity (Wildman–Crippen MR) is 135 cm³/mol. The van der Waals surface area contributed by atoms with Gasteiger partial charge in [0.15, 0.2) is 11.0 Å². The van der Waals surface area contributed by atoms with E-state index in [2.05, 4.69) is 27.0 Å². The number of nitrogens with zero attached hydrogens (tertiary/aromatic N) is 5. The van der Waals surface area contributed by atoms with Crippen molar-refractivity contribution in [1.29, 1.82) is 0 Å². The van der Waals surface area contributed by atoms with Gasteiger partial charge in [-0.15, -0.1) is 0 Å². The highest BCUT2D eigenvalue weighted by atomic mass is 35.5. The molecule has 1 aliphatic carbocycles. The summed E-state index contributed by atoms with van der Waals surface area (Å²) in [6.45, 7) is 2.11. The zero-order valence-electron chi connectivity index (χ0n) is 18.2. The largest absolute Gasteiger partial charge is 0.348 e. The number of halogens is 1. The molecule has 7 heteroatoms. The van der Waals surface area contributed by atoms with E-state index in [1.54, 1.807) is 11.3 Å². The summed E-state index contributed by atoms with van der Waals surface area (Å²) in [5.41, 5.74) is 4.98. The van der Waals surface area contributed by atoms with Crippen LogP contribution in [0.25, 0.3) is 33.2 Å². The Balaban J connectivity index is 1.46. The number of pyridine rings is 1. The number of thiazole rings is 1. The van der Waals surface area contributed by atoms with Gasteiger partial charge in [0.25, 0.3) is 0 Å². The lowest BCUT2D eigenvalue weighted by molar-refractivity contribution is 0.577. The van der Waals surface area contributed by atoms with E-state index in [1.807, 2.05) is 42.7 Å². The SMILES string of the molecule is Clc1cccc(-c2nc(N3CCCCC3)sc2-c2ccnc(-c3cccnc3C3CC3)n2)c1. The monoisotopic (exact) mass is 473 g/mol. The molecule has 0 bridgehead atoms. The fraction of sp³-hybridized carbons (Fsp3) is 0.308. The summed E-state index contributed by atoms with van der Waals surface area (Å²) in [5.74, 6) is 1.26. The first kappa shape index (κ1) is 20.8. The van der Waals surface area contributed by atoms with Crippen LogP contribution in [0, 0.1) is 0 Å². The Morgan fingerprint density at radius 3 is 2.61 bits per heavy atom. The standard InChI is InChI=1S/C26H24ClN5S/c27-19-7-4-6-18(16-19)23-24(33-26(31-23)32-14-2-1-3-15-32)21-11-13-29-25(30-21)20-8-5-12-28-22(20)17-9-10-17/h4-8,11-13,16-17H,1-3,9-10,14-15H2. The normalized spacial score (nSPS) is 16.2. The third kappa shape index (κ3) is 4.25. The topological polar surface area (TPSA) is 54.8 Å². The third-order valence-corrected chi connectivity index (χ3v) is 7.65. The van der Waals surface area contributed by atoms with Gasteiger partial charge in [0.2, 0.25) is 0 Å². The smallest absolute Gasteiger partial charge is 0.186 e. The van der Waals surface area contributed by atoms with Gasteiger partial charge in [0, 0.05) is 47.6 Å². The van der Waals surface area contributed by atoms with Gasteiger partial charge in [-0.25, -0.2) is 15.0 Å². The van der Waals surface area contributed by atoms with Crippen LogP contribution in [0.3, 0.4) is 0 Å². The molecule has 0 N–H and O–H groups in total. The molecule has 4 aromatic rings. The zero-order valence-corrected chi connectivity index (χ0v) is 19.8.